The monoisotopic (exact) mass is 1270 g/mol. The van der Waals surface area contributed by atoms with E-state index in [0.29, 0.717) is 0 Å². The van der Waals surface area contributed by atoms with Gasteiger partial charge in [0, 0.05) is 17.1 Å². The Morgan fingerprint density at radius 3 is 1.35 bits per heavy atom. The number of anilines is 12. The number of hydrogen-bond acceptors (Lipinski definition) is 5. The summed E-state index contributed by atoms with van der Waals surface area (Å²) < 4.78 is 10.8. The Labute approximate surface area is 557 Å². The van der Waals surface area contributed by atoms with Gasteiger partial charge in [-0.25, -0.2) is 0 Å². The van der Waals surface area contributed by atoms with E-state index in [1.807, 2.05) is 0 Å². The fraction of sp³-hybridized carbons (Fsp3) is 0.0930. The van der Waals surface area contributed by atoms with Crippen LogP contribution in [0.3, 0.4) is 0 Å². The van der Waals surface area contributed by atoms with E-state index in [1.165, 1.54) is 115 Å². The summed E-state index contributed by atoms with van der Waals surface area (Å²) in [5.74, 6) is 1.95. The van der Waals surface area contributed by atoms with Crippen LogP contribution in [0.5, 0.6) is 11.5 Å². The van der Waals surface area contributed by atoms with Crippen LogP contribution in [0.15, 0.2) is 279 Å². The van der Waals surface area contributed by atoms with Gasteiger partial charge in [-0.3, -0.25) is 0 Å². The molecule has 0 atom stereocenters. The van der Waals surface area contributed by atoms with E-state index in [-0.39, 0.29) is 33.8 Å². The van der Waals surface area contributed by atoms with Gasteiger partial charge < -0.3 is 4.90 Å². The number of para-hydroxylation sites is 7. The molecule has 94 heavy (non-hydrogen) atoms. The fourth-order valence-electron chi connectivity index (χ4n) is 17.4. The van der Waals surface area contributed by atoms with Crippen molar-refractivity contribution >= 4 is 138 Å². The number of nitrogens with zero attached hydrogens (tertiary/aromatic N) is 4. The maximum atomic E-state index is 7.93. The van der Waals surface area contributed by atoms with Crippen molar-refractivity contribution in [2.45, 2.75) is 52.4 Å². The standard InChI is InChI=1S/C86H64B2N4OSe/c1-53-77-81(54(2)83-78(53)88-70-42-26-28-44-74(70)94-84-76-66(52-73(93-83)80(84)88)64-48-46-62(50-68(64)86(76,5)6)90(57-33-17-9-18-34-57)58-35-19-10-20-36-58)92(60-39-23-12-24-40-60)72-51-65-63-47-45-61(89(55-29-13-7-14-30-55)56-31-15-8-16-32-56)49-67(63)85(3,4)75(65)82-79(72)87(77)69-41-25-27-43-71(69)91(82)59-37-21-11-22-38-59/h7-52H,1-6H3. The summed E-state index contributed by atoms with van der Waals surface area (Å²) in [7, 11) is 0. The van der Waals surface area contributed by atoms with Gasteiger partial charge in [-0.2, -0.15) is 0 Å². The summed E-state index contributed by atoms with van der Waals surface area (Å²) >= 11 is -0.00312. The number of rotatable bonds is 8. The normalized spacial score (nSPS) is 14.6. The number of fused-ring (bicyclic) bond motifs is 16. The third-order valence-corrected chi connectivity index (χ3v) is 23.9. The minimum absolute atomic E-state index is 0.00312. The van der Waals surface area contributed by atoms with Crippen LogP contribution in [0.2, 0.25) is 0 Å². The van der Waals surface area contributed by atoms with E-state index in [9.17, 15) is 0 Å². The molecule has 0 N–H and O–H groups in total. The Balaban J connectivity index is 0.856. The van der Waals surface area contributed by atoms with Gasteiger partial charge >= 0.3 is 442 Å². The fourth-order valence-corrected chi connectivity index (χ4v) is 20.5. The molecule has 0 unspecified atom stereocenters. The van der Waals surface area contributed by atoms with Crippen molar-refractivity contribution in [2.75, 3.05) is 19.6 Å². The molecular weight excluding hydrogens is 1210 g/mol. The van der Waals surface area contributed by atoms with E-state index in [2.05, 4.69) is 340 Å². The van der Waals surface area contributed by atoms with Crippen LogP contribution in [-0.4, -0.2) is 28.4 Å². The van der Waals surface area contributed by atoms with E-state index < -0.39 is 5.41 Å². The second-order valence-corrected chi connectivity index (χ2v) is 29.3. The number of hydrogen-bond donors (Lipinski definition) is 0. The molecule has 0 radical (unpaired) electrons. The SMILES string of the molecule is Cc1c2c(c(C)c3c1B1c4ccccc4N(c4ccccc4)c4c1c(cc1c4C(C)(C)c4cc(N(c5ccccc5)c5ccccc5)ccc4-1)N3c1ccccc1)Oc1cc3c(c4c1B2c1ccccc1[Se]4)C(C)(C)c1cc(N(c2ccccc2)c2ccccc2)ccc1-3. The Morgan fingerprint density at radius 1 is 0.362 bits per heavy atom. The van der Waals surface area contributed by atoms with E-state index in [0.717, 1.165) is 62.6 Å². The average molecular weight is 1270 g/mol. The van der Waals surface area contributed by atoms with Gasteiger partial charge in [0.05, 0.1) is 0 Å². The molecule has 8 heteroatoms. The van der Waals surface area contributed by atoms with Crippen LogP contribution in [0.4, 0.5) is 68.2 Å². The summed E-state index contributed by atoms with van der Waals surface area (Å²) in [6, 6.07) is 104. The molecule has 0 fully saturated rings. The molecule has 446 valence electrons. The topological polar surface area (TPSA) is 22.2 Å². The van der Waals surface area contributed by atoms with Crippen LogP contribution >= 0.6 is 0 Å². The van der Waals surface area contributed by atoms with Crippen molar-refractivity contribution in [1.82, 2.24) is 0 Å². The van der Waals surface area contributed by atoms with Gasteiger partial charge in [-0.05, 0) is 36.4 Å². The van der Waals surface area contributed by atoms with E-state index in [4.69, 9.17) is 4.74 Å². The first-order valence-corrected chi connectivity index (χ1v) is 34.7. The molecule has 0 bridgehead atoms. The van der Waals surface area contributed by atoms with E-state index >= 15 is 0 Å². The number of benzene rings is 13. The molecule has 5 nitrogen and oxygen atoms in total. The minimum atomic E-state index is -0.438. The first kappa shape index (κ1) is 55.2. The van der Waals surface area contributed by atoms with Crippen molar-refractivity contribution in [1.29, 1.82) is 0 Å². The first-order chi connectivity index (χ1) is 46.0. The Kier molecular flexibility index (Phi) is 12.0. The van der Waals surface area contributed by atoms with Gasteiger partial charge in [0.15, 0.2) is 0 Å². The summed E-state index contributed by atoms with van der Waals surface area (Å²) in [5.41, 5.74) is 34.1. The predicted octanol–water partition coefficient (Wildman–Crippen LogP) is 16.5. The molecule has 19 rings (SSSR count). The zero-order chi connectivity index (χ0) is 62.9. The van der Waals surface area contributed by atoms with Crippen LogP contribution in [0.25, 0.3) is 22.3 Å². The molecule has 4 aliphatic heterocycles. The van der Waals surface area contributed by atoms with Crippen LogP contribution in [-0.2, 0) is 10.8 Å². The maximum absolute atomic E-state index is 7.93. The quantitative estimate of drug-likeness (QED) is 0.141. The van der Waals surface area contributed by atoms with Crippen LogP contribution < -0.4 is 66.0 Å². The van der Waals surface area contributed by atoms with Crippen molar-refractivity contribution in [3.63, 3.8) is 0 Å². The molecule has 0 saturated carbocycles. The second-order valence-electron chi connectivity index (χ2n) is 27.1. The van der Waals surface area contributed by atoms with Crippen LogP contribution in [0, 0.1) is 13.8 Å². The van der Waals surface area contributed by atoms with Crippen molar-refractivity contribution in [3.8, 4) is 33.8 Å². The molecule has 0 amide bonds. The van der Waals surface area contributed by atoms with Crippen molar-refractivity contribution in [3.05, 3.63) is 312 Å². The summed E-state index contributed by atoms with van der Waals surface area (Å²) in [5, 5.41) is 0. The Hall–Kier alpha value is -10.5. The summed E-state index contributed by atoms with van der Waals surface area (Å²) in [6.45, 7) is 14.5. The Morgan fingerprint density at radius 2 is 0.809 bits per heavy atom. The number of ether oxygens (including phenoxy) is 1. The van der Waals surface area contributed by atoms with Crippen molar-refractivity contribution in [2.24, 2.45) is 0 Å². The second kappa shape index (κ2) is 20.5. The zero-order valence-corrected chi connectivity index (χ0v) is 55.0. The molecule has 0 spiro atoms. The molecule has 0 saturated heterocycles. The molecule has 4 heterocycles. The molecular formula is C86H64B2N4OSe. The van der Waals surface area contributed by atoms with E-state index in [1.54, 1.807) is 0 Å². The van der Waals surface area contributed by atoms with Crippen LogP contribution in [0.1, 0.15) is 61.1 Å². The van der Waals surface area contributed by atoms with Gasteiger partial charge in [0.1, 0.15) is 0 Å². The third-order valence-electron chi connectivity index (χ3n) is 21.4. The van der Waals surface area contributed by atoms with Gasteiger partial charge in [-0.1, -0.05) is 60.7 Å². The summed E-state index contributed by atoms with van der Waals surface area (Å²) in [4.78, 5) is 10.1. The summed E-state index contributed by atoms with van der Waals surface area (Å²) in [6.07, 6.45) is 0. The predicted molar refractivity (Wildman–Crippen MR) is 397 cm³/mol. The molecule has 0 aromatic heterocycles. The molecule has 6 aliphatic rings. The molecule has 2 aliphatic carbocycles. The third kappa shape index (κ3) is 7.73. The average Bonchev–Trinajstić information content (AvgIpc) is 1.23. The molecule has 13 aromatic rings. The Bertz CT molecular complexity index is 5240. The van der Waals surface area contributed by atoms with Gasteiger partial charge in [-0.15, -0.1) is 0 Å². The first-order valence-electron chi connectivity index (χ1n) is 33.0. The van der Waals surface area contributed by atoms with Gasteiger partial charge in [0.2, 0.25) is 0 Å². The molecule has 13 aromatic carbocycles. The van der Waals surface area contributed by atoms with Crippen molar-refractivity contribution < 1.29 is 4.74 Å². The van der Waals surface area contributed by atoms with Gasteiger partial charge in [0.25, 0.3) is 0 Å². The zero-order valence-electron chi connectivity index (χ0n) is 53.3.